The fourth-order valence-corrected chi connectivity index (χ4v) is 3.98. The lowest BCUT2D eigenvalue weighted by Gasteiger charge is -2.17. The molecule has 6 nitrogen and oxygen atoms in total. The van der Waals surface area contributed by atoms with Gasteiger partial charge in [0.15, 0.2) is 0 Å². The van der Waals surface area contributed by atoms with Crippen molar-refractivity contribution in [2.45, 2.75) is 19.4 Å². The van der Waals surface area contributed by atoms with Crippen molar-refractivity contribution in [1.29, 1.82) is 0 Å². The van der Waals surface area contributed by atoms with Crippen LogP contribution >= 0.6 is 22.7 Å². The molecule has 0 saturated carbocycles. The Labute approximate surface area is 152 Å². The van der Waals surface area contributed by atoms with Gasteiger partial charge in [0.1, 0.15) is 17.7 Å². The van der Waals surface area contributed by atoms with Gasteiger partial charge in [-0.2, -0.15) is 4.98 Å². The van der Waals surface area contributed by atoms with E-state index in [0.29, 0.717) is 23.1 Å². The second-order valence-corrected chi connectivity index (χ2v) is 7.23. The smallest absolute Gasteiger partial charge is 0.263 e. The van der Waals surface area contributed by atoms with E-state index in [4.69, 9.17) is 4.52 Å². The molecule has 0 saturated heterocycles. The predicted octanol–water partition coefficient (Wildman–Crippen LogP) is 4.88. The summed E-state index contributed by atoms with van der Waals surface area (Å²) >= 11 is 3.29. The summed E-state index contributed by atoms with van der Waals surface area (Å²) in [6, 6.07) is 8.27. The summed E-state index contributed by atoms with van der Waals surface area (Å²) in [5, 5.41) is 11.6. The molecule has 0 bridgehead atoms. The third-order valence-corrected chi connectivity index (χ3v) is 5.57. The van der Waals surface area contributed by atoms with Crippen LogP contribution in [-0.2, 0) is 0 Å². The molecular formula is C17H15N5OS2. The van der Waals surface area contributed by atoms with Gasteiger partial charge in [0.2, 0.25) is 5.82 Å². The Morgan fingerprint density at radius 1 is 1.20 bits per heavy atom. The van der Waals surface area contributed by atoms with Gasteiger partial charge in [0.05, 0.1) is 10.9 Å². The van der Waals surface area contributed by atoms with Gasteiger partial charge in [-0.3, -0.25) is 0 Å². The number of thiophene rings is 2. The summed E-state index contributed by atoms with van der Waals surface area (Å²) in [6.07, 6.45) is 4.15. The molecule has 4 aromatic heterocycles. The monoisotopic (exact) mass is 369 g/mol. The highest BCUT2D eigenvalue weighted by atomic mass is 32.1. The summed E-state index contributed by atoms with van der Waals surface area (Å²) in [4.78, 5) is 15.2. The van der Waals surface area contributed by atoms with Crippen molar-refractivity contribution >= 4 is 28.5 Å². The molecule has 4 heterocycles. The zero-order valence-corrected chi connectivity index (χ0v) is 15.0. The fraction of sp³-hybridized carbons (Fsp3) is 0.176. The average molecular weight is 369 g/mol. The summed E-state index contributed by atoms with van der Waals surface area (Å²) in [5.41, 5.74) is 0.702. The average Bonchev–Trinajstić information content (AvgIpc) is 3.42. The van der Waals surface area contributed by atoms with Crippen LogP contribution in [0.25, 0.3) is 22.2 Å². The molecule has 8 heteroatoms. The predicted molar refractivity (Wildman–Crippen MR) is 99.6 cm³/mol. The van der Waals surface area contributed by atoms with Gasteiger partial charge in [-0.25, -0.2) is 9.97 Å². The molecule has 126 valence electrons. The van der Waals surface area contributed by atoms with Crippen molar-refractivity contribution in [1.82, 2.24) is 20.1 Å². The van der Waals surface area contributed by atoms with Gasteiger partial charge in [0.25, 0.3) is 5.89 Å². The van der Waals surface area contributed by atoms with E-state index in [-0.39, 0.29) is 6.04 Å². The Morgan fingerprint density at radius 3 is 2.84 bits per heavy atom. The maximum atomic E-state index is 5.45. The minimum atomic E-state index is 0.174. The standard InChI is InChI=1S/C17H15N5OS2/c1-2-12(13-5-3-7-24-13)20-15-11(9-18-10-19-15)17-21-16(22-23-17)14-6-4-8-25-14/h3-10,12H,2H2,1H3,(H,18,19,20)/t12-/m0/s1. The second-order valence-electron chi connectivity index (χ2n) is 5.31. The fourth-order valence-electron chi connectivity index (χ4n) is 2.47. The molecule has 1 atom stereocenters. The molecular weight excluding hydrogens is 354 g/mol. The topological polar surface area (TPSA) is 76.7 Å². The van der Waals surface area contributed by atoms with E-state index in [0.717, 1.165) is 11.3 Å². The van der Waals surface area contributed by atoms with Gasteiger partial charge in [-0.1, -0.05) is 24.2 Å². The molecule has 0 spiro atoms. The first-order valence-electron chi connectivity index (χ1n) is 7.83. The molecule has 0 amide bonds. The van der Waals surface area contributed by atoms with E-state index in [1.165, 1.54) is 11.2 Å². The quantitative estimate of drug-likeness (QED) is 0.522. The van der Waals surface area contributed by atoms with Crippen LogP contribution in [0.2, 0.25) is 0 Å². The Bertz CT molecular complexity index is 934. The normalized spacial score (nSPS) is 12.2. The largest absolute Gasteiger partial charge is 0.362 e. The minimum absolute atomic E-state index is 0.174. The number of rotatable bonds is 6. The Balaban J connectivity index is 1.65. The first-order chi connectivity index (χ1) is 12.3. The van der Waals surface area contributed by atoms with Crippen LogP contribution in [0.1, 0.15) is 24.3 Å². The summed E-state index contributed by atoms with van der Waals surface area (Å²) < 4.78 is 5.45. The number of nitrogens with one attached hydrogen (secondary N) is 1. The summed E-state index contributed by atoms with van der Waals surface area (Å²) in [6.45, 7) is 2.14. The van der Waals surface area contributed by atoms with Crippen LogP contribution < -0.4 is 5.32 Å². The van der Waals surface area contributed by atoms with Gasteiger partial charge in [-0.05, 0) is 29.3 Å². The molecule has 0 aliphatic heterocycles. The van der Waals surface area contributed by atoms with Gasteiger partial charge in [0, 0.05) is 11.1 Å². The highest BCUT2D eigenvalue weighted by Gasteiger charge is 2.19. The summed E-state index contributed by atoms with van der Waals surface area (Å²) in [5.74, 6) is 1.68. The SMILES string of the molecule is CC[C@H](Nc1ncncc1-c1nc(-c2cccs2)no1)c1cccs1. The van der Waals surface area contributed by atoms with Crippen molar-refractivity contribution in [3.8, 4) is 22.2 Å². The van der Waals surface area contributed by atoms with Gasteiger partial charge in [-0.15, -0.1) is 22.7 Å². The van der Waals surface area contributed by atoms with Crippen molar-refractivity contribution in [2.24, 2.45) is 0 Å². The Kier molecular flexibility index (Phi) is 4.53. The molecule has 4 aromatic rings. The van der Waals surface area contributed by atoms with Crippen LogP contribution in [0, 0.1) is 0 Å². The number of anilines is 1. The van der Waals surface area contributed by atoms with Crippen LogP contribution in [0.15, 0.2) is 52.1 Å². The highest BCUT2D eigenvalue weighted by Crippen LogP contribution is 2.31. The molecule has 4 rings (SSSR count). The maximum absolute atomic E-state index is 5.45. The lowest BCUT2D eigenvalue weighted by Crippen LogP contribution is -2.10. The third kappa shape index (κ3) is 3.31. The number of hydrogen-bond acceptors (Lipinski definition) is 8. The number of nitrogens with zero attached hydrogens (tertiary/aromatic N) is 4. The molecule has 25 heavy (non-hydrogen) atoms. The van der Waals surface area contributed by atoms with Crippen molar-refractivity contribution < 1.29 is 4.52 Å². The van der Waals surface area contributed by atoms with Crippen molar-refractivity contribution in [2.75, 3.05) is 5.32 Å². The zero-order valence-electron chi connectivity index (χ0n) is 13.4. The van der Waals surface area contributed by atoms with Crippen LogP contribution in [0.3, 0.4) is 0 Å². The van der Waals surface area contributed by atoms with E-state index in [1.54, 1.807) is 28.9 Å². The molecule has 0 fully saturated rings. The third-order valence-electron chi connectivity index (χ3n) is 3.72. The van der Waals surface area contributed by atoms with Crippen molar-refractivity contribution in [3.05, 3.63) is 52.4 Å². The van der Waals surface area contributed by atoms with Crippen LogP contribution in [0.4, 0.5) is 5.82 Å². The first kappa shape index (κ1) is 15.9. The Hall–Kier alpha value is -2.58. The second kappa shape index (κ2) is 7.12. The summed E-state index contributed by atoms with van der Waals surface area (Å²) in [7, 11) is 0. The van der Waals surface area contributed by atoms with Gasteiger partial charge < -0.3 is 9.84 Å². The van der Waals surface area contributed by atoms with Crippen LogP contribution in [0.5, 0.6) is 0 Å². The van der Waals surface area contributed by atoms with Gasteiger partial charge >= 0.3 is 0 Å². The Morgan fingerprint density at radius 2 is 2.08 bits per heavy atom. The highest BCUT2D eigenvalue weighted by molar-refractivity contribution is 7.13. The van der Waals surface area contributed by atoms with Crippen LogP contribution in [-0.4, -0.2) is 20.1 Å². The van der Waals surface area contributed by atoms with E-state index < -0.39 is 0 Å². The zero-order chi connectivity index (χ0) is 17.1. The molecule has 0 radical (unpaired) electrons. The maximum Gasteiger partial charge on any atom is 0.263 e. The molecule has 0 unspecified atom stereocenters. The lowest BCUT2D eigenvalue weighted by molar-refractivity contribution is 0.432. The molecule has 0 aliphatic rings. The number of hydrogen-bond donors (Lipinski definition) is 1. The minimum Gasteiger partial charge on any atom is -0.362 e. The van der Waals surface area contributed by atoms with E-state index in [9.17, 15) is 0 Å². The van der Waals surface area contributed by atoms with E-state index in [2.05, 4.69) is 49.9 Å². The lowest BCUT2D eigenvalue weighted by atomic mass is 10.2. The van der Waals surface area contributed by atoms with E-state index in [1.807, 2.05) is 17.5 Å². The first-order valence-corrected chi connectivity index (χ1v) is 9.59. The number of aromatic nitrogens is 4. The molecule has 0 aromatic carbocycles. The molecule has 1 N–H and O–H groups in total. The van der Waals surface area contributed by atoms with E-state index >= 15 is 0 Å². The molecule has 0 aliphatic carbocycles. The van der Waals surface area contributed by atoms with Crippen molar-refractivity contribution in [3.63, 3.8) is 0 Å².